The molecular formula is C14H23ClN2O3S. The van der Waals surface area contributed by atoms with Gasteiger partial charge in [0, 0.05) is 19.2 Å². The van der Waals surface area contributed by atoms with E-state index in [0.717, 1.165) is 17.5 Å². The molecule has 1 aromatic carbocycles. The summed E-state index contributed by atoms with van der Waals surface area (Å²) in [6, 6.07) is 7.65. The Bertz CT molecular complexity index is 526. The second-order valence-corrected chi connectivity index (χ2v) is 7.28. The molecule has 1 heterocycles. The van der Waals surface area contributed by atoms with Crippen LogP contribution in [0.3, 0.4) is 0 Å². The molecule has 2 unspecified atom stereocenters. The van der Waals surface area contributed by atoms with Crippen LogP contribution in [0, 0.1) is 0 Å². The van der Waals surface area contributed by atoms with Gasteiger partial charge < -0.3 is 10.5 Å². The second-order valence-electron chi connectivity index (χ2n) is 5.24. The molecule has 0 spiro atoms. The number of halogens is 1. The molecule has 2 rings (SSSR count). The van der Waals surface area contributed by atoms with Crippen molar-refractivity contribution in [1.82, 2.24) is 4.72 Å². The number of ether oxygens (including phenoxy) is 1. The third-order valence-corrected chi connectivity index (χ3v) is 5.34. The van der Waals surface area contributed by atoms with Gasteiger partial charge in [-0.15, -0.1) is 12.4 Å². The highest BCUT2D eigenvalue weighted by atomic mass is 35.5. The number of benzene rings is 1. The van der Waals surface area contributed by atoms with Crippen molar-refractivity contribution in [3.63, 3.8) is 0 Å². The van der Waals surface area contributed by atoms with Crippen LogP contribution in [0.25, 0.3) is 0 Å². The number of sulfonamides is 1. The molecule has 1 aromatic rings. The van der Waals surface area contributed by atoms with E-state index in [1.165, 1.54) is 0 Å². The van der Waals surface area contributed by atoms with Gasteiger partial charge in [0.15, 0.2) is 0 Å². The van der Waals surface area contributed by atoms with Gasteiger partial charge in [-0.3, -0.25) is 0 Å². The Morgan fingerprint density at radius 3 is 2.57 bits per heavy atom. The zero-order valence-electron chi connectivity index (χ0n) is 12.1. The average Bonchev–Trinajstić information content (AvgIpc) is 2.46. The van der Waals surface area contributed by atoms with Crippen LogP contribution in [-0.2, 0) is 21.3 Å². The lowest BCUT2D eigenvalue weighted by molar-refractivity contribution is 0.0988. The number of hydrogen-bond donors (Lipinski definition) is 2. The molecule has 0 aliphatic carbocycles. The summed E-state index contributed by atoms with van der Waals surface area (Å²) in [5.74, 6) is 0. The fourth-order valence-electron chi connectivity index (χ4n) is 2.20. The Morgan fingerprint density at radius 1 is 1.38 bits per heavy atom. The first kappa shape index (κ1) is 18.4. The minimum atomic E-state index is -3.31. The molecular weight excluding hydrogens is 312 g/mol. The van der Waals surface area contributed by atoms with Gasteiger partial charge in [0.1, 0.15) is 0 Å². The summed E-state index contributed by atoms with van der Waals surface area (Å²) in [5, 5.41) is -0.431. The van der Waals surface area contributed by atoms with Crippen molar-refractivity contribution in [2.24, 2.45) is 5.73 Å². The van der Waals surface area contributed by atoms with Crippen molar-refractivity contribution in [1.29, 1.82) is 0 Å². The largest absolute Gasteiger partial charge is 0.380 e. The molecule has 0 aromatic heterocycles. The number of nitrogens with one attached hydrogen (secondary N) is 1. The second kappa shape index (κ2) is 8.10. The highest BCUT2D eigenvalue weighted by molar-refractivity contribution is 7.90. The molecule has 7 heteroatoms. The lowest BCUT2D eigenvalue weighted by Gasteiger charge is -2.22. The van der Waals surface area contributed by atoms with Crippen LogP contribution < -0.4 is 10.5 Å². The van der Waals surface area contributed by atoms with E-state index in [1.807, 2.05) is 31.2 Å². The maximum atomic E-state index is 12.1. The van der Waals surface area contributed by atoms with Crippen LogP contribution in [0.15, 0.2) is 24.3 Å². The predicted octanol–water partition coefficient (Wildman–Crippen LogP) is 1.73. The summed E-state index contributed by atoms with van der Waals surface area (Å²) in [6.45, 7) is 3.17. The third-order valence-electron chi connectivity index (χ3n) is 3.54. The Morgan fingerprint density at radius 2 is 2.05 bits per heavy atom. The molecule has 0 amide bonds. The Balaban J connectivity index is 0.00000220. The standard InChI is InChI=1S/C14H22N2O3S.ClH/c1-11(15)13-6-4-12(5-7-13)9-16-20(17,18)14-3-2-8-19-10-14;/h4-7,11,14,16H,2-3,8-10,15H2,1H3;1H. The molecule has 0 saturated carbocycles. The van der Waals surface area contributed by atoms with Crippen molar-refractivity contribution < 1.29 is 13.2 Å². The summed E-state index contributed by atoms with van der Waals surface area (Å²) in [4.78, 5) is 0. The van der Waals surface area contributed by atoms with E-state index in [2.05, 4.69) is 4.72 Å². The van der Waals surface area contributed by atoms with Crippen LogP contribution in [0.4, 0.5) is 0 Å². The quantitative estimate of drug-likeness (QED) is 0.859. The molecule has 1 aliphatic heterocycles. The molecule has 5 nitrogen and oxygen atoms in total. The zero-order chi connectivity index (χ0) is 14.6. The van der Waals surface area contributed by atoms with Gasteiger partial charge in [-0.1, -0.05) is 24.3 Å². The van der Waals surface area contributed by atoms with Crippen LogP contribution in [0.1, 0.15) is 36.9 Å². The van der Waals surface area contributed by atoms with Crippen LogP contribution in [0.2, 0.25) is 0 Å². The van der Waals surface area contributed by atoms with Gasteiger partial charge in [-0.05, 0) is 30.9 Å². The Kier molecular flexibility index (Phi) is 7.09. The highest BCUT2D eigenvalue weighted by Gasteiger charge is 2.27. The van der Waals surface area contributed by atoms with Gasteiger partial charge in [-0.2, -0.15) is 0 Å². The van der Waals surface area contributed by atoms with E-state index in [0.29, 0.717) is 26.2 Å². The maximum Gasteiger partial charge on any atom is 0.217 e. The maximum absolute atomic E-state index is 12.1. The van der Waals surface area contributed by atoms with Gasteiger partial charge >= 0.3 is 0 Å². The Labute approximate surface area is 132 Å². The normalized spacial score (nSPS) is 20.6. The van der Waals surface area contributed by atoms with E-state index in [9.17, 15) is 8.42 Å². The number of nitrogens with two attached hydrogens (primary N) is 1. The number of rotatable bonds is 5. The van der Waals surface area contributed by atoms with Gasteiger partial charge in [0.25, 0.3) is 0 Å². The van der Waals surface area contributed by atoms with Crippen molar-refractivity contribution in [3.8, 4) is 0 Å². The molecule has 21 heavy (non-hydrogen) atoms. The fraction of sp³-hybridized carbons (Fsp3) is 0.571. The molecule has 1 fully saturated rings. The monoisotopic (exact) mass is 334 g/mol. The summed E-state index contributed by atoms with van der Waals surface area (Å²) in [6.07, 6.45) is 1.47. The van der Waals surface area contributed by atoms with Gasteiger partial charge in [0.2, 0.25) is 10.0 Å². The van der Waals surface area contributed by atoms with E-state index in [4.69, 9.17) is 10.5 Å². The fourth-order valence-corrected chi connectivity index (χ4v) is 3.55. The van der Waals surface area contributed by atoms with Crippen LogP contribution >= 0.6 is 12.4 Å². The van der Waals surface area contributed by atoms with E-state index in [-0.39, 0.29) is 18.4 Å². The zero-order valence-corrected chi connectivity index (χ0v) is 13.8. The summed E-state index contributed by atoms with van der Waals surface area (Å²) < 4.78 is 32.1. The first-order valence-corrected chi connectivity index (χ1v) is 8.44. The molecule has 3 N–H and O–H groups in total. The lowest BCUT2D eigenvalue weighted by atomic mass is 10.1. The predicted molar refractivity (Wildman–Crippen MR) is 85.9 cm³/mol. The van der Waals surface area contributed by atoms with Crippen LogP contribution in [-0.4, -0.2) is 26.9 Å². The average molecular weight is 335 g/mol. The Hall–Kier alpha value is -0.660. The van der Waals surface area contributed by atoms with Crippen molar-refractivity contribution in [3.05, 3.63) is 35.4 Å². The minimum Gasteiger partial charge on any atom is -0.380 e. The first-order valence-electron chi connectivity index (χ1n) is 6.89. The number of hydrogen-bond acceptors (Lipinski definition) is 4. The first-order chi connectivity index (χ1) is 9.49. The molecule has 0 radical (unpaired) electrons. The van der Waals surface area contributed by atoms with Crippen molar-refractivity contribution >= 4 is 22.4 Å². The van der Waals surface area contributed by atoms with E-state index >= 15 is 0 Å². The van der Waals surface area contributed by atoms with E-state index in [1.54, 1.807) is 0 Å². The van der Waals surface area contributed by atoms with E-state index < -0.39 is 15.3 Å². The minimum absolute atomic E-state index is 0. The SMILES string of the molecule is CC(N)c1ccc(CNS(=O)(=O)C2CCCOC2)cc1.Cl. The van der Waals surface area contributed by atoms with Crippen LogP contribution in [0.5, 0.6) is 0 Å². The molecule has 2 atom stereocenters. The summed E-state index contributed by atoms with van der Waals surface area (Å²) in [7, 11) is -3.31. The highest BCUT2D eigenvalue weighted by Crippen LogP contribution is 2.15. The topological polar surface area (TPSA) is 81.4 Å². The molecule has 120 valence electrons. The van der Waals surface area contributed by atoms with Gasteiger partial charge in [-0.25, -0.2) is 13.1 Å². The summed E-state index contributed by atoms with van der Waals surface area (Å²) in [5.41, 5.74) is 7.74. The third kappa shape index (κ3) is 5.23. The lowest BCUT2D eigenvalue weighted by Crippen LogP contribution is -2.39. The molecule has 0 bridgehead atoms. The smallest absolute Gasteiger partial charge is 0.217 e. The van der Waals surface area contributed by atoms with Gasteiger partial charge in [0.05, 0.1) is 11.9 Å². The van der Waals surface area contributed by atoms with Crippen molar-refractivity contribution in [2.75, 3.05) is 13.2 Å². The molecule has 1 aliphatic rings. The summed E-state index contributed by atoms with van der Waals surface area (Å²) >= 11 is 0. The van der Waals surface area contributed by atoms with Crippen molar-refractivity contribution in [2.45, 2.75) is 37.6 Å². The molecule has 1 saturated heterocycles.